The van der Waals surface area contributed by atoms with Crippen LogP contribution >= 0.6 is 0 Å². The summed E-state index contributed by atoms with van der Waals surface area (Å²) in [4.78, 5) is 22.5. The Morgan fingerprint density at radius 2 is 1.96 bits per heavy atom. The van der Waals surface area contributed by atoms with Crippen LogP contribution in [0.4, 0.5) is 18.9 Å². The molecule has 134 valence electrons. The first-order chi connectivity index (χ1) is 11.7. The Labute approximate surface area is 139 Å². The Morgan fingerprint density at radius 3 is 2.52 bits per heavy atom. The quantitative estimate of drug-likeness (QED) is 0.650. The maximum absolute atomic E-state index is 13.6. The summed E-state index contributed by atoms with van der Waals surface area (Å²) < 4.78 is 40.8. The highest BCUT2D eigenvalue weighted by atomic mass is 19.4. The Bertz CT molecular complexity index is 747. The third kappa shape index (κ3) is 2.66. The fourth-order valence-corrected chi connectivity index (χ4v) is 3.27. The SMILES string of the molecule is O=C(c1ccc([N+](=O)[O-])cc1)N1N=C2CCCC[C@@H]2[C@]1(O)C(F)(F)F. The van der Waals surface area contributed by atoms with Crippen LogP contribution in [-0.2, 0) is 0 Å². The Kier molecular flexibility index (Phi) is 4.02. The van der Waals surface area contributed by atoms with Crippen LogP contribution in [0.3, 0.4) is 0 Å². The lowest BCUT2D eigenvalue weighted by atomic mass is 9.80. The number of amides is 1. The third-order valence-electron chi connectivity index (χ3n) is 4.55. The highest BCUT2D eigenvalue weighted by Gasteiger charge is 2.68. The van der Waals surface area contributed by atoms with Crippen molar-refractivity contribution in [2.45, 2.75) is 37.6 Å². The molecular weight excluding hydrogens is 343 g/mol. The number of fused-ring (bicyclic) bond motifs is 1. The van der Waals surface area contributed by atoms with Gasteiger partial charge in [0, 0.05) is 23.4 Å². The molecule has 1 heterocycles. The van der Waals surface area contributed by atoms with Crippen molar-refractivity contribution in [2.24, 2.45) is 11.0 Å². The zero-order chi connectivity index (χ0) is 18.4. The first-order valence-electron chi connectivity index (χ1n) is 7.61. The van der Waals surface area contributed by atoms with E-state index in [0.29, 0.717) is 12.8 Å². The monoisotopic (exact) mass is 357 g/mol. The second kappa shape index (κ2) is 5.80. The molecule has 0 saturated heterocycles. The largest absolute Gasteiger partial charge is 0.439 e. The van der Waals surface area contributed by atoms with Gasteiger partial charge in [-0.2, -0.15) is 23.3 Å². The molecule has 0 unspecified atom stereocenters. The van der Waals surface area contributed by atoms with E-state index in [9.17, 15) is 33.2 Å². The molecule has 10 heteroatoms. The van der Waals surface area contributed by atoms with E-state index in [2.05, 4.69) is 5.10 Å². The zero-order valence-electron chi connectivity index (χ0n) is 12.9. The molecule has 0 spiro atoms. The summed E-state index contributed by atoms with van der Waals surface area (Å²) in [5.41, 5.74) is -3.77. The molecule has 7 nitrogen and oxygen atoms in total. The van der Waals surface area contributed by atoms with Crippen molar-refractivity contribution in [1.29, 1.82) is 0 Å². The molecule has 0 radical (unpaired) electrons. The number of non-ortho nitro benzene ring substituents is 1. The number of carbonyl (C=O) groups is 1. The van der Waals surface area contributed by atoms with E-state index in [4.69, 9.17) is 0 Å². The third-order valence-corrected chi connectivity index (χ3v) is 4.55. The van der Waals surface area contributed by atoms with E-state index in [1.54, 1.807) is 0 Å². The number of aliphatic hydroxyl groups is 1. The summed E-state index contributed by atoms with van der Waals surface area (Å²) in [6.07, 6.45) is -3.58. The number of benzene rings is 1. The number of nitrogens with zero attached hydrogens (tertiary/aromatic N) is 3. The summed E-state index contributed by atoms with van der Waals surface area (Å²) in [7, 11) is 0. The summed E-state index contributed by atoms with van der Waals surface area (Å²) in [5, 5.41) is 24.9. The van der Waals surface area contributed by atoms with Crippen molar-refractivity contribution in [2.75, 3.05) is 0 Å². The summed E-state index contributed by atoms with van der Waals surface area (Å²) in [6, 6.07) is 4.10. The second-order valence-corrected chi connectivity index (χ2v) is 6.03. The van der Waals surface area contributed by atoms with Crippen LogP contribution in [-0.4, -0.2) is 38.6 Å². The van der Waals surface area contributed by atoms with Gasteiger partial charge >= 0.3 is 6.18 Å². The molecule has 2 aliphatic rings. The lowest BCUT2D eigenvalue weighted by molar-refractivity contribution is -0.384. The van der Waals surface area contributed by atoms with Crippen molar-refractivity contribution < 1.29 is 28.0 Å². The minimum Gasteiger partial charge on any atom is -0.362 e. The van der Waals surface area contributed by atoms with Crippen LogP contribution in [0.1, 0.15) is 36.0 Å². The Morgan fingerprint density at radius 1 is 1.32 bits per heavy atom. The molecule has 1 aliphatic carbocycles. The van der Waals surface area contributed by atoms with Crippen LogP contribution in [0.2, 0.25) is 0 Å². The minimum absolute atomic E-state index is 0.0822. The van der Waals surface area contributed by atoms with Gasteiger partial charge in [-0.25, -0.2) is 0 Å². The van der Waals surface area contributed by atoms with E-state index in [1.165, 1.54) is 0 Å². The number of hydrogen-bond donors (Lipinski definition) is 1. The Balaban J connectivity index is 1.99. The molecule has 2 atom stereocenters. The maximum Gasteiger partial charge on any atom is 0.439 e. The van der Waals surface area contributed by atoms with Crippen LogP contribution in [0.5, 0.6) is 0 Å². The summed E-state index contributed by atoms with van der Waals surface area (Å²) in [6.45, 7) is 0. The summed E-state index contributed by atoms with van der Waals surface area (Å²) >= 11 is 0. The molecule has 0 bridgehead atoms. The van der Waals surface area contributed by atoms with E-state index in [0.717, 1.165) is 24.3 Å². The number of carbonyl (C=O) groups excluding carboxylic acids is 1. The molecule has 1 amide bonds. The van der Waals surface area contributed by atoms with Gasteiger partial charge in [0.1, 0.15) is 0 Å². The van der Waals surface area contributed by atoms with Gasteiger partial charge in [-0.1, -0.05) is 6.42 Å². The van der Waals surface area contributed by atoms with Crippen molar-refractivity contribution in [1.82, 2.24) is 5.01 Å². The molecule has 1 saturated carbocycles. The fraction of sp³-hybridized carbons (Fsp3) is 0.467. The van der Waals surface area contributed by atoms with E-state index < -0.39 is 28.6 Å². The number of alkyl halides is 3. The van der Waals surface area contributed by atoms with Gasteiger partial charge < -0.3 is 5.11 Å². The van der Waals surface area contributed by atoms with Gasteiger partial charge in [0.15, 0.2) is 0 Å². The molecule has 1 aliphatic heterocycles. The number of nitro benzene ring substituents is 1. The smallest absolute Gasteiger partial charge is 0.362 e. The number of rotatable bonds is 2. The number of halogens is 3. The molecular formula is C15H14F3N3O4. The van der Waals surface area contributed by atoms with Gasteiger partial charge in [0.2, 0.25) is 0 Å². The Hall–Kier alpha value is -2.49. The molecule has 0 aromatic heterocycles. The van der Waals surface area contributed by atoms with Crippen molar-refractivity contribution >= 4 is 17.3 Å². The summed E-state index contributed by atoms with van der Waals surface area (Å²) in [5.74, 6) is -2.44. The average molecular weight is 357 g/mol. The van der Waals surface area contributed by atoms with Gasteiger partial charge in [-0.15, -0.1) is 0 Å². The van der Waals surface area contributed by atoms with E-state index in [1.807, 2.05) is 0 Å². The predicted molar refractivity (Wildman–Crippen MR) is 79.7 cm³/mol. The molecule has 1 fully saturated rings. The van der Waals surface area contributed by atoms with Crippen molar-refractivity contribution in [3.05, 3.63) is 39.9 Å². The van der Waals surface area contributed by atoms with Crippen molar-refractivity contribution in [3.63, 3.8) is 0 Å². The van der Waals surface area contributed by atoms with Gasteiger partial charge in [-0.05, 0) is 31.4 Å². The normalized spacial score (nSPS) is 26.2. The minimum atomic E-state index is -5.09. The topological polar surface area (TPSA) is 96.0 Å². The van der Waals surface area contributed by atoms with E-state index in [-0.39, 0.29) is 34.8 Å². The highest BCUT2D eigenvalue weighted by Crippen LogP contribution is 2.48. The first kappa shape index (κ1) is 17.3. The lowest BCUT2D eigenvalue weighted by Crippen LogP contribution is -2.61. The van der Waals surface area contributed by atoms with Crippen LogP contribution in [0.25, 0.3) is 0 Å². The highest BCUT2D eigenvalue weighted by molar-refractivity contribution is 5.99. The fourth-order valence-electron chi connectivity index (χ4n) is 3.27. The standard InChI is InChI=1S/C15H14F3N3O4/c16-15(17,18)14(23)11-3-1-2-4-12(11)19-20(14)13(22)9-5-7-10(8-6-9)21(24)25/h5-8,11,23H,1-4H2/t11-,14-/m0/s1. The number of hydrogen-bond acceptors (Lipinski definition) is 5. The number of nitro groups is 1. The van der Waals surface area contributed by atoms with E-state index >= 15 is 0 Å². The van der Waals surface area contributed by atoms with Crippen LogP contribution in [0.15, 0.2) is 29.4 Å². The zero-order valence-corrected chi connectivity index (χ0v) is 12.9. The number of hydrazone groups is 1. The van der Waals surface area contributed by atoms with Gasteiger partial charge in [0.25, 0.3) is 17.3 Å². The molecule has 25 heavy (non-hydrogen) atoms. The molecule has 3 rings (SSSR count). The first-order valence-corrected chi connectivity index (χ1v) is 7.61. The maximum atomic E-state index is 13.6. The molecule has 1 aromatic carbocycles. The van der Waals surface area contributed by atoms with Crippen LogP contribution in [0, 0.1) is 16.0 Å². The molecule has 1 aromatic rings. The second-order valence-electron chi connectivity index (χ2n) is 6.03. The average Bonchev–Trinajstić information content (AvgIpc) is 2.89. The lowest BCUT2D eigenvalue weighted by Gasteiger charge is -2.38. The van der Waals surface area contributed by atoms with Crippen molar-refractivity contribution in [3.8, 4) is 0 Å². The van der Waals surface area contributed by atoms with Gasteiger partial charge in [-0.3, -0.25) is 14.9 Å². The van der Waals surface area contributed by atoms with Gasteiger partial charge in [0.05, 0.1) is 10.8 Å². The van der Waals surface area contributed by atoms with Crippen LogP contribution < -0.4 is 0 Å². The predicted octanol–water partition coefficient (Wildman–Crippen LogP) is 2.85. The molecule has 1 N–H and O–H groups in total.